The normalized spacial score (nSPS) is 11.1. The fourth-order valence-electron chi connectivity index (χ4n) is 3.39. The lowest BCUT2D eigenvalue weighted by Gasteiger charge is -2.28. The van der Waals surface area contributed by atoms with Crippen LogP contribution in [0.2, 0.25) is 0 Å². The summed E-state index contributed by atoms with van der Waals surface area (Å²) in [5.41, 5.74) is 0.774. The number of esters is 1. The third-order valence-corrected chi connectivity index (χ3v) is 6.96. The van der Waals surface area contributed by atoms with Crippen molar-refractivity contribution in [1.82, 2.24) is 0 Å². The molecular formula is C26H29NO8S. The maximum absolute atomic E-state index is 14.0. The molecule has 0 N–H and O–H groups in total. The zero-order valence-corrected chi connectivity index (χ0v) is 21.2. The molecule has 10 heteroatoms. The molecule has 3 aromatic rings. The summed E-state index contributed by atoms with van der Waals surface area (Å²) in [6.07, 6.45) is 0. The molecule has 0 aliphatic rings. The van der Waals surface area contributed by atoms with E-state index in [4.69, 9.17) is 23.7 Å². The number of hydrogen-bond donors (Lipinski definition) is 0. The third kappa shape index (κ3) is 6.54. The molecule has 0 saturated carbocycles. The first-order chi connectivity index (χ1) is 17.4. The highest BCUT2D eigenvalue weighted by Crippen LogP contribution is 2.38. The molecule has 0 aliphatic heterocycles. The van der Waals surface area contributed by atoms with E-state index in [0.717, 1.165) is 4.31 Å². The first kappa shape index (κ1) is 27.0. The number of methoxy groups -OCH3 is 3. The molecule has 0 heterocycles. The van der Waals surface area contributed by atoms with E-state index >= 15 is 0 Å². The largest absolute Gasteiger partial charge is 0.497 e. The van der Waals surface area contributed by atoms with E-state index in [1.54, 1.807) is 55.6 Å². The Bertz CT molecular complexity index is 1230. The second kappa shape index (κ2) is 12.9. The number of anilines is 1. The van der Waals surface area contributed by atoms with Gasteiger partial charge >= 0.3 is 5.97 Å². The van der Waals surface area contributed by atoms with Gasteiger partial charge in [-0.25, -0.2) is 13.2 Å². The standard InChI is InChI=1S/C26H29NO8S/c1-31-16-17-34-19-35-24-11-7-10-23(26(28)33-3)25(24)27(18-20-8-5-4-6-9-20)36(29,30)22-14-12-21(32-2)13-15-22/h4-15H,16-19H2,1-3H3. The van der Waals surface area contributed by atoms with Crippen LogP contribution in [0.5, 0.6) is 11.5 Å². The average molecular weight is 516 g/mol. The van der Waals surface area contributed by atoms with Crippen molar-refractivity contribution in [2.75, 3.05) is 45.6 Å². The van der Waals surface area contributed by atoms with Crippen LogP contribution in [0.3, 0.4) is 0 Å². The Kier molecular flexibility index (Phi) is 9.69. The van der Waals surface area contributed by atoms with Crippen LogP contribution in [-0.4, -0.2) is 55.7 Å². The molecule has 3 rings (SSSR count). The Morgan fingerprint density at radius 1 is 0.861 bits per heavy atom. The predicted molar refractivity (Wildman–Crippen MR) is 134 cm³/mol. The van der Waals surface area contributed by atoms with Gasteiger partial charge < -0.3 is 23.7 Å². The molecule has 0 radical (unpaired) electrons. The molecule has 0 bridgehead atoms. The van der Waals surface area contributed by atoms with E-state index in [1.165, 1.54) is 32.4 Å². The molecule has 0 aromatic heterocycles. The number of rotatable bonds is 13. The second-order valence-electron chi connectivity index (χ2n) is 7.48. The van der Waals surface area contributed by atoms with Crippen LogP contribution in [0.1, 0.15) is 15.9 Å². The SMILES string of the molecule is COCCOCOc1cccc(C(=O)OC)c1N(Cc1ccccc1)S(=O)(=O)c1ccc(OC)cc1. The van der Waals surface area contributed by atoms with Crippen molar-refractivity contribution < 1.29 is 36.9 Å². The summed E-state index contributed by atoms with van der Waals surface area (Å²) < 4.78 is 55.4. The Labute approximate surface area is 211 Å². The number of carbonyl (C=O) groups excluding carboxylic acids is 1. The number of para-hydroxylation sites is 1. The van der Waals surface area contributed by atoms with Crippen molar-refractivity contribution in [3.63, 3.8) is 0 Å². The number of hydrogen-bond acceptors (Lipinski definition) is 8. The second-order valence-corrected chi connectivity index (χ2v) is 9.34. The maximum Gasteiger partial charge on any atom is 0.340 e. The topological polar surface area (TPSA) is 101 Å². The van der Waals surface area contributed by atoms with Gasteiger partial charge in [0.25, 0.3) is 10.0 Å². The van der Waals surface area contributed by atoms with Crippen molar-refractivity contribution in [1.29, 1.82) is 0 Å². The highest BCUT2D eigenvalue weighted by atomic mass is 32.2. The molecule has 3 aromatic carbocycles. The third-order valence-electron chi connectivity index (χ3n) is 5.20. The fourth-order valence-corrected chi connectivity index (χ4v) is 4.87. The maximum atomic E-state index is 14.0. The van der Waals surface area contributed by atoms with Crippen molar-refractivity contribution in [3.8, 4) is 11.5 Å². The first-order valence-electron chi connectivity index (χ1n) is 11.0. The van der Waals surface area contributed by atoms with Crippen molar-refractivity contribution in [3.05, 3.63) is 83.9 Å². The van der Waals surface area contributed by atoms with Crippen LogP contribution >= 0.6 is 0 Å². The minimum Gasteiger partial charge on any atom is -0.497 e. The van der Waals surface area contributed by atoms with E-state index in [1.807, 2.05) is 6.07 Å². The van der Waals surface area contributed by atoms with Crippen LogP contribution < -0.4 is 13.8 Å². The van der Waals surface area contributed by atoms with Gasteiger partial charge in [-0.3, -0.25) is 4.31 Å². The number of sulfonamides is 1. The van der Waals surface area contributed by atoms with Gasteiger partial charge in [0.1, 0.15) is 17.2 Å². The van der Waals surface area contributed by atoms with E-state index in [-0.39, 0.29) is 41.8 Å². The molecule has 0 fully saturated rings. The van der Waals surface area contributed by atoms with Crippen molar-refractivity contribution >= 4 is 21.7 Å². The van der Waals surface area contributed by atoms with Gasteiger partial charge in [-0.15, -0.1) is 0 Å². The van der Waals surface area contributed by atoms with Gasteiger partial charge in [-0.1, -0.05) is 36.4 Å². The van der Waals surface area contributed by atoms with E-state index in [9.17, 15) is 13.2 Å². The lowest BCUT2D eigenvalue weighted by atomic mass is 10.1. The number of nitrogens with zero attached hydrogens (tertiary/aromatic N) is 1. The van der Waals surface area contributed by atoms with Gasteiger partial charge in [-0.05, 0) is 42.0 Å². The van der Waals surface area contributed by atoms with Crippen molar-refractivity contribution in [2.24, 2.45) is 0 Å². The van der Waals surface area contributed by atoms with E-state index in [0.29, 0.717) is 17.9 Å². The molecule has 0 saturated heterocycles. The monoisotopic (exact) mass is 515 g/mol. The van der Waals surface area contributed by atoms with Gasteiger partial charge in [0.2, 0.25) is 0 Å². The minimum atomic E-state index is -4.17. The molecule has 192 valence electrons. The number of ether oxygens (including phenoxy) is 5. The quantitative estimate of drug-likeness (QED) is 0.192. The Balaban J connectivity index is 2.14. The number of benzene rings is 3. The minimum absolute atomic E-state index is 0.0150. The van der Waals surface area contributed by atoms with Gasteiger partial charge in [0, 0.05) is 7.11 Å². The Morgan fingerprint density at radius 2 is 1.58 bits per heavy atom. The van der Waals surface area contributed by atoms with Crippen LogP contribution in [0.4, 0.5) is 5.69 Å². The van der Waals surface area contributed by atoms with E-state index < -0.39 is 16.0 Å². The van der Waals surface area contributed by atoms with Crippen molar-refractivity contribution in [2.45, 2.75) is 11.4 Å². The summed E-state index contributed by atoms with van der Waals surface area (Å²) >= 11 is 0. The zero-order chi connectivity index (χ0) is 26.0. The molecule has 0 unspecified atom stereocenters. The molecule has 36 heavy (non-hydrogen) atoms. The average Bonchev–Trinajstić information content (AvgIpc) is 2.91. The molecule has 9 nitrogen and oxygen atoms in total. The molecule has 0 amide bonds. The van der Waals surface area contributed by atoms with Crippen LogP contribution in [0.25, 0.3) is 0 Å². The van der Waals surface area contributed by atoms with Crippen LogP contribution in [0, 0.1) is 0 Å². The van der Waals surface area contributed by atoms with Crippen LogP contribution in [-0.2, 0) is 30.8 Å². The summed E-state index contributed by atoms with van der Waals surface area (Å²) in [4.78, 5) is 12.8. The van der Waals surface area contributed by atoms with Gasteiger partial charge in [0.05, 0.1) is 44.4 Å². The highest BCUT2D eigenvalue weighted by molar-refractivity contribution is 7.92. The summed E-state index contributed by atoms with van der Waals surface area (Å²) in [7, 11) is 0.101. The lowest BCUT2D eigenvalue weighted by Crippen LogP contribution is -2.32. The summed E-state index contributed by atoms with van der Waals surface area (Å²) in [6.45, 7) is 0.400. The number of carbonyl (C=O) groups is 1. The predicted octanol–water partition coefficient (Wildman–Crippen LogP) is 3.88. The first-order valence-corrected chi connectivity index (χ1v) is 12.5. The Morgan fingerprint density at radius 3 is 2.22 bits per heavy atom. The smallest absolute Gasteiger partial charge is 0.340 e. The fraction of sp³-hybridized carbons (Fsp3) is 0.269. The Hall–Kier alpha value is -3.60. The highest BCUT2D eigenvalue weighted by Gasteiger charge is 2.32. The van der Waals surface area contributed by atoms with Crippen LogP contribution in [0.15, 0.2) is 77.7 Å². The molecule has 0 atom stereocenters. The summed E-state index contributed by atoms with van der Waals surface area (Å²) in [5.74, 6) is -0.0576. The molecule has 0 spiro atoms. The van der Waals surface area contributed by atoms with E-state index in [2.05, 4.69) is 0 Å². The summed E-state index contributed by atoms with van der Waals surface area (Å²) in [5, 5.41) is 0. The summed E-state index contributed by atoms with van der Waals surface area (Å²) in [6, 6.07) is 19.7. The molecular weight excluding hydrogens is 486 g/mol. The molecule has 0 aliphatic carbocycles. The lowest BCUT2D eigenvalue weighted by molar-refractivity contribution is -0.00828. The van der Waals surface area contributed by atoms with Gasteiger partial charge in [-0.2, -0.15) is 0 Å². The van der Waals surface area contributed by atoms with Gasteiger partial charge in [0.15, 0.2) is 6.79 Å². The zero-order valence-electron chi connectivity index (χ0n) is 20.4.